The first kappa shape index (κ1) is 17.5. The van der Waals surface area contributed by atoms with E-state index in [-0.39, 0.29) is 6.04 Å². The second-order valence-corrected chi connectivity index (χ2v) is 7.65. The highest BCUT2D eigenvalue weighted by molar-refractivity contribution is 7.76. The van der Waals surface area contributed by atoms with Gasteiger partial charge in [0.2, 0.25) is 0 Å². The fourth-order valence-electron chi connectivity index (χ4n) is 3.41. The van der Waals surface area contributed by atoms with Gasteiger partial charge in [0.1, 0.15) is 0 Å². The maximum absolute atomic E-state index is 11.7. The average Bonchev–Trinajstić information content (AvgIpc) is 3.02. The Kier molecular flexibility index (Phi) is 5.82. The molecule has 23 heavy (non-hydrogen) atoms. The molecule has 3 rings (SSSR count). The van der Waals surface area contributed by atoms with Crippen molar-refractivity contribution >= 4 is 40.2 Å². The molecule has 1 aromatic rings. The molecule has 0 spiro atoms. The molecule has 2 fully saturated rings. The zero-order valence-electron chi connectivity index (χ0n) is 12.8. The molecule has 128 valence electrons. The molecule has 2 heterocycles. The average molecular weight is 377 g/mol. The lowest BCUT2D eigenvalue weighted by Crippen LogP contribution is -2.52. The molecular formula is C15H20Cl2N3O2S-. The minimum Gasteiger partial charge on any atom is -0.759 e. The zero-order valence-corrected chi connectivity index (χ0v) is 15.1. The first-order valence-electron chi connectivity index (χ1n) is 7.90. The number of benzene rings is 1. The summed E-state index contributed by atoms with van der Waals surface area (Å²) in [4.78, 5) is 2.20. The van der Waals surface area contributed by atoms with E-state index in [2.05, 4.69) is 4.90 Å². The van der Waals surface area contributed by atoms with Gasteiger partial charge in [-0.3, -0.25) is 4.21 Å². The van der Waals surface area contributed by atoms with Crippen LogP contribution in [0.3, 0.4) is 0 Å². The van der Waals surface area contributed by atoms with Gasteiger partial charge in [-0.1, -0.05) is 23.2 Å². The van der Waals surface area contributed by atoms with Crippen LogP contribution in [0, 0.1) is 0 Å². The molecule has 0 radical (unpaired) electrons. The predicted octanol–water partition coefficient (Wildman–Crippen LogP) is 3.07. The van der Waals surface area contributed by atoms with Crippen molar-refractivity contribution in [2.45, 2.75) is 31.7 Å². The summed E-state index contributed by atoms with van der Waals surface area (Å²) >= 11 is 10.0. The highest BCUT2D eigenvalue weighted by atomic mass is 35.5. The largest absolute Gasteiger partial charge is 0.759 e. The van der Waals surface area contributed by atoms with Gasteiger partial charge in [-0.15, -0.1) is 0 Å². The molecule has 8 heteroatoms. The van der Waals surface area contributed by atoms with E-state index in [1.54, 1.807) is 10.5 Å². The van der Waals surface area contributed by atoms with Crippen molar-refractivity contribution in [2.24, 2.45) is 0 Å². The molecule has 0 aromatic heterocycles. The Morgan fingerprint density at radius 2 is 1.78 bits per heavy atom. The van der Waals surface area contributed by atoms with Crippen LogP contribution in [-0.2, 0) is 11.3 Å². The number of hydrazine groups is 1. The number of hydrogen-bond acceptors (Lipinski definition) is 4. The summed E-state index contributed by atoms with van der Waals surface area (Å²) in [5.41, 5.74) is 0.963. The number of hydrogen-bond donors (Lipinski definition) is 0. The third-order valence-corrected chi connectivity index (χ3v) is 5.91. The molecule has 0 aliphatic carbocycles. The van der Waals surface area contributed by atoms with Crippen LogP contribution in [0.1, 0.15) is 25.7 Å². The van der Waals surface area contributed by atoms with Crippen LogP contribution in [0.15, 0.2) is 18.2 Å². The van der Waals surface area contributed by atoms with Crippen LogP contribution >= 0.6 is 23.2 Å². The SMILES string of the molecule is O=S([O-])N(C1CCN(c2ccc(Cl)cc2Cl)CC1)N1CCCC1. The smallest absolute Gasteiger partial charge is 0.0654 e. The highest BCUT2D eigenvalue weighted by Crippen LogP contribution is 2.32. The summed E-state index contributed by atoms with van der Waals surface area (Å²) in [5.74, 6) is 0. The third-order valence-electron chi connectivity index (χ3n) is 4.54. The van der Waals surface area contributed by atoms with E-state index in [0.29, 0.717) is 10.0 Å². The lowest BCUT2D eigenvalue weighted by atomic mass is 10.0. The fourth-order valence-corrected chi connectivity index (χ4v) is 4.74. The third kappa shape index (κ3) is 4.00. The van der Waals surface area contributed by atoms with E-state index in [1.807, 2.05) is 17.1 Å². The second kappa shape index (κ2) is 7.68. The minimum absolute atomic E-state index is 0.0359. The lowest BCUT2D eigenvalue weighted by Gasteiger charge is -2.43. The van der Waals surface area contributed by atoms with Crippen molar-refractivity contribution in [1.29, 1.82) is 0 Å². The Bertz CT molecular complexity index is 576. The van der Waals surface area contributed by atoms with Crippen LogP contribution in [0.2, 0.25) is 10.0 Å². The zero-order chi connectivity index (χ0) is 16.4. The molecule has 0 saturated carbocycles. The van der Waals surface area contributed by atoms with Gasteiger partial charge in [-0.05, 0) is 43.9 Å². The number of anilines is 1. The van der Waals surface area contributed by atoms with E-state index in [4.69, 9.17) is 23.2 Å². The molecule has 5 nitrogen and oxygen atoms in total. The highest BCUT2D eigenvalue weighted by Gasteiger charge is 2.31. The summed E-state index contributed by atoms with van der Waals surface area (Å²) in [5, 5.41) is 3.23. The topological polar surface area (TPSA) is 49.9 Å². The quantitative estimate of drug-likeness (QED) is 0.757. The van der Waals surface area contributed by atoms with Gasteiger partial charge in [0.05, 0.1) is 10.7 Å². The van der Waals surface area contributed by atoms with Crippen molar-refractivity contribution in [1.82, 2.24) is 9.42 Å². The van der Waals surface area contributed by atoms with Gasteiger partial charge >= 0.3 is 0 Å². The molecule has 0 bridgehead atoms. The molecule has 0 amide bonds. The molecule has 2 saturated heterocycles. The van der Waals surface area contributed by atoms with E-state index >= 15 is 0 Å². The Hall–Kier alpha value is -0.370. The van der Waals surface area contributed by atoms with Crippen LogP contribution in [0.25, 0.3) is 0 Å². The monoisotopic (exact) mass is 376 g/mol. The fraction of sp³-hybridized carbons (Fsp3) is 0.600. The van der Waals surface area contributed by atoms with Crippen molar-refractivity contribution in [3.05, 3.63) is 28.2 Å². The molecule has 2 aliphatic rings. The van der Waals surface area contributed by atoms with Crippen molar-refractivity contribution in [2.75, 3.05) is 31.1 Å². The Morgan fingerprint density at radius 1 is 1.13 bits per heavy atom. The Morgan fingerprint density at radius 3 is 2.35 bits per heavy atom. The van der Waals surface area contributed by atoms with E-state index in [0.717, 1.165) is 57.5 Å². The number of halogens is 2. The summed E-state index contributed by atoms with van der Waals surface area (Å²) in [6, 6.07) is 5.54. The van der Waals surface area contributed by atoms with Gasteiger partial charge in [-0.25, -0.2) is 5.01 Å². The summed E-state index contributed by atoms with van der Waals surface area (Å²) < 4.78 is 24.9. The first-order chi connectivity index (χ1) is 11.1. The number of nitrogens with zero attached hydrogens (tertiary/aromatic N) is 3. The maximum Gasteiger partial charge on any atom is 0.0654 e. The van der Waals surface area contributed by atoms with Crippen LogP contribution in [0.4, 0.5) is 5.69 Å². The van der Waals surface area contributed by atoms with Gasteiger partial charge in [0, 0.05) is 48.5 Å². The molecule has 1 aromatic carbocycles. The number of rotatable bonds is 4. The van der Waals surface area contributed by atoms with Gasteiger partial charge in [-0.2, -0.15) is 4.41 Å². The van der Waals surface area contributed by atoms with Gasteiger partial charge < -0.3 is 9.45 Å². The van der Waals surface area contributed by atoms with E-state index < -0.39 is 11.3 Å². The summed E-state index contributed by atoms with van der Waals surface area (Å²) in [6.45, 7) is 3.23. The molecule has 2 aliphatic heterocycles. The molecule has 1 atom stereocenters. The summed E-state index contributed by atoms with van der Waals surface area (Å²) in [7, 11) is 0. The molecule has 1 unspecified atom stereocenters. The predicted molar refractivity (Wildman–Crippen MR) is 93.3 cm³/mol. The Balaban J connectivity index is 1.66. The Labute approximate surface area is 149 Å². The van der Waals surface area contributed by atoms with E-state index in [9.17, 15) is 8.76 Å². The summed E-state index contributed by atoms with van der Waals surface area (Å²) in [6.07, 6.45) is 3.72. The van der Waals surface area contributed by atoms with Gasteiger partial charge in [0.25, 0.3) is 0 Å². The minimum atomic E-state index is -2.21. The molecule has 0 N–H and O–H groups in total. The number of piperidine rings is 1. The van der Waals surface area contributed by atoms with E-state index in [1.165, 1.54) is 0 Å². The van der Waals surface area contributed by atoms with Crippen molar-refractivity contribution < 1.29 is 8.76 Å². The standard InChI is InChI=1S/C15H21Cl2N3O2S/c16-12-3-4-15(14(17)11-12)18-9-5-13(6-10-18)20(23(21)22)19-7-1-2-8-19/h3-4,11,13H,1-2,5-10H2,(H,21,22)/p-1. The van der Waals surface area contributed by atoms with Crippen molar-refractivity contribution in [3.63, 3.8) is 0 Å². The van der Waals surface area contributed by atoms with Crippen molar-refractivity contribution in [3.8, 4) is 0 Å². The van der Waals surface area contributed by atoms with Gasteiger partial charge in [0.15, 0.2) is 0 Å². The molecular weight excluding hydrogens is 357 g/mol. The van der Waals surface area contributed by atoms with Crippen LogP contribution in [0.5, 0.6) is 0 Å². The van der Waals surface area contributed by atoms with Crippen LogP contribution < -0.4 is 4.90 Å². The first-order valence-corrected chi connectivity index (χ1v) is 9.68. The second-order valence-electron chi connectivity index (χ2n) is 5.99. The maximum atomic E-state index is 11.7. The normalized spacial score (nSPS) is 22.0. The lowest BCUT2D eigenvalue weighted by molar-refractivity contribution is 0.0353. The van der Waals surface area contributed by atoms with Crippen LogP contribution in [-0.4, -0.2) is 50.4 Å².